The molecule has 0 saturated carbocycles. The normalized spacial score (nSPS) is 14.4. The zero-order valence-electron chi connectivity index (χ0n) is 15.1. The van der Waals surface area contributed by atoms with E-state index in [1.807, 2.05) is 11.0 Å². The fraction of sp³-hybridized carbons (Fsp3) is 0.222. The highest BCUT2D eigenvalue weighted by atomic mass is 32.2. The van der Waals surface area contributed by atoms with Gasteiger partial charge in [0, 0.05) is 43.1 Å². The van der Waals surface area contributed by atoms with Crippen molar-refractivity contribution in [1.82, 2.24) is 10.2 Å². The molecule has 1 aliphatic heterocycles. The van der Waals surface area contributed by atoms with Crippen LogP contribution >= 0.6 is 0 Å². The van der Waals surface area contributed by atoms with Crippen molar-refractivity contribution < 1.29 is 13.2 Å². The van der Waals surface area contributed by atoms with E-state index in [1.165, 1.54) is 24.3 Å². The molecule has 0 spiro atoms. The van der Waals surface area contributed by atoms with Gasteiger partial charge in [-0.25, -0.2) is 18.4 Å². The maximum atomic E-state index is 12.2. The molecule has 0 aromatic heterocycles. The Bertz CT molecular complexity index is 969. The summed E-state index contributed by atoms with van der Waals surface area (Å²) in [6.07, 6.45) is 0. The molecule has 2 amide bonds. The predicted molar refractivity (Wildman–Crippen MR) is 108 cm³/mol. The van der Waals surface area contributed by atoms with Gasteiger partial charge in [0.2, 0.25) is 10.0 Å². The summed E-state index contributed by atoms with van der Waals surface area (Å²) < 4.78 is 22.5. The number of amidine groups is 1. The van der Waals surface area contributed by atoms with E-state index < -0.39 is 16.1 Å². The quantitative estimate of drug-likeness (QED) is 0.386. The Morgan fingerprint density at radius 3 is 2.32 bits per heavy atom. The number of sulfonamides is 1. The summed E-state index contributed by atoms with van der Waals surface area (Å²) in [6.45, 7) is 3.22. The van der Waals surface area contributed by atoms with Gasteiger partial charge in [0.15, 0.2) is 0 Å². The molecule has 10 heteroatoms. The number of nitrogens with zero attached hydrogens (tertiary/aromatic N) is 1. The van der Waals surface area contributed by atoms with Crippen LogP contribution in [0.3, 0.4) is 0 Å². The van der Waals surface area contributed by atoms with Crippen LogP contribution in [-0.4, -0.2) is 51.4 Å². The lowest BCUT2D eigenvalue weighted by molar-refractivity contribution is 0.262. The smallest absolute Gasteiger partial charge is 0.323 e. The van der Waals surface area contributed by atoms with Crippen LogP contribution in [0.15, 0.2) is 53.4 Å². The minimum Gasteiger partial charge on any atom is -0.354 e. The van der Waals surface area contributed by atoms with E-state index in [2.05, 4.69) is 16.0 Å². The van der Waals surface area contributed by atoms with Crippen molar-refractivity contribution in [3.63, 3.8) is 0 Å². The first-order valence-corrected chi connectivity index (χ1v) is 10.2. The van der Waals surface area contributed by atoms with Gasteiger partial charge in [-0.2, -0.15) is 0 Å². The van der Waals surface area contributed by atoms with Gasteiger partial charge in [-0.3, -0.25) is 5.41 Å². The number of piperazine rings is 1. The lowest BCUT2D eigenvalue weighted by Gasteiger charge is -2.29. The van der Waals surface area contributed by atoms with Gasteiger partial charge < -0.3 is 20.9 Å². The summed E-state index contributed by atoms with van der Waals surface area (Å²) in [5, 5.41) is 22.0. The molecule has 1 aliphatic rings. The van der Waals surface area contributed by atoms with Crippen LogP contribution in [0.1, 0.15) is 5.56 Å². The molecule has 0 radical (unpaired) electrons. The summed E-state index contributed by atoms with van der Waals surface area (Å²) >= 11 is 0. The van der Waals surface area contributed by atoms with Crippen LogP contribution < -0.4 is 21.1 Å². The maximum absolute atomic E-state index is 12.2. The van der Waals surface area contributed by atoms with E-state index in [-0.39, 0.29) is 4.90 Å². The first kappa shape index (κ1) is 19.8. The number of nitrogens with one attached hydrogen (secondary N) is 4. The third-order valence-electron chi connectivity index (χ3n) is 4.27. The number of carbonyl (C=O) groups is 1. The Morgan fingerprint density at radius 2 is 1.68 bits per heavy atom. The number of benzene rings is 2. The number of urea groups is 1. The van der Waals surface area contributed by atoms with Gasteiger partial charge in [-0.1, -0.05) is 12.1 Å². The Hall–Kier alpha value is -2.95. The molecule has 0 bridgehead atoms. The minimum absolute atomic E-state index is 0.0300. The third-order valence-corrected chi connectivity index (χ3v) is 5.20. The third kappa shape index (κ3) is 5.06. The number of hydrogen-bond acceptors (Lipinski definition) is 5. The molecule has 9 nitrogen and oxygen atoms in total. The zero-order valence-corrected chi connectivity index (χ0v) is 15.9. The van der Waals surface area contributed by atoms with Crippen LogP contribution in [0, 0.1) is 5.41 Å². The molecule has 2 aromatic carbocycles. The number of carbonyl (C=O) groups excluding carboxylic acids is 1. The second-order valence-electron chi connectivity index (χ2n) is 6.31. The minimum atomic E-state index is -3.78. The van der Waals surface area contributed by atoms with E-state index in [0.29, 0.717) is 17.2 Å². The number of primary sulfonamides is 1. The van der Waals surface area contributed by atoms with Crippen LogP contribution in [-0.2, 0) is 10.0 Å². The molecular formula is C18H22N6O3S. The highest BCUT2D eigenvalue weighted by molar-refractivity contribution is 7.89. The van der Waals surface area contributed by atoms with E-state index >= 15 is 0 Å². The zero-order chi connectivity index (χ0) is 20.1. The highest BCUT2D eigenvalue weighted by Crippen LogP contribution is 2.16. The molecular weight excluding hydrogens is 380 g/mol. The Labute approximate surface area is 163 Å². The molecule has 6 N–H and O–H groups in total. The molecule has 0 unspecified atom stereocenters. The molecule has 1 fully saturated rings. The van der Waals surface area contributed by atoms with Gasteiger partial charge in [0.1, 0.15) is 5.84 Å². The number of hydrogen-bond donors (Lipinski definition) is 5. The second-order valence-corrected chi connectivity index (χ2v) is 7.88. The highest BCUT2D eigenvalue weighted by Gasteiger charge is 2.15. The molecule has 1 heterocycles. The maximum Gasteiger partial charge on any atom is 0.323 e. The molecule has 1 saturated heterocycles. The fourth-order valence-corrected chi connectivity index (χ4v) is 3.35. The van der Waals surface area contributed by atoms with Crippen molar-refractivity contribution >= 4 is 33.3 Å². The van der Waals surface area contributed by atoms with Crippen molar-refractivity contribution in [2.24, 2.45) is 5.14 Å². The Kier molecular flexibility index (Phi) is 5.93. The number of amides is 2. The van der Waals surface area contributed by atoms with Crippen molar-refractivity contribution in [1.29, 1.82) is 5.41 Å². The van der Waals surface area contributed by atoms with E-state index in [4.69, 9.17) is 10.5 Å². The standard InChI is InChI=1S/C18H22N6O3S/c19-17(24-10-8-21-9-11-24)13-2-1-3-15(12-13)23-18(25)22-14-4-6-16(7-5-14)28(20,26)27/h1-7,12,19,21H,8-11H2,(H2,20,26,27)(H2,22,23,25). The SMILES string of the molecule is N=C(c1cccc(NC(=O)Nc2ccc(S(N)(=O)=O)cc2)c1)N1CCNCC1. The molecule has 0 aliphatic carbocycles. The Balaban J connectivity index is 1.63. The molecule has 148 valence electrons. The monoisotopic (exact) mass is 402 g/mol. The fourth-order valence-electron chi connectivity index (χ4n) is 2.84. The van der Waals surface area contributed by atoms with E-state index in [1.54, 1.807) is 18.2 Å². The van der Waals surface area contributed by atoms with Crippen molar-refractivity contribution in [3.8, 4) is 0 Å². The lowest BCUT2D eigenvalue weighted by atomic mass is 10.1. The lowest BCUT2D eigenvalue weighted by Crippen LogP contribution is -2.46. The van der Waals surface area contributed by atoms with Crippen LogP contribution in [0.2, 0.25) is 0 Å². The largest absolute Gasteiger partial charge is 0.354 e. The van der Waals surface area contributed by atoms with Crippen molar-refractivity contribution in [3.05, 3.63) is 54.1 Å². The second kappa shape index (κ2) is 8.38. The number of anilines is 2. The first-order chi connectivity index (χ1) is 13.3. The number of nitrogens with two attached hydrogens (primary N) is 1. The molecule has 0 atom stereocenters. The number of rotatable bonds is 4. The molecule has 2 aromatic rings. The van der Waals surface area contributed by atoms with Crippen molar-refractivity contribution in [2.75, 3.05) is 36.8 Å². The molecule has 3 rings (SSSR count). The van der Waals surface area contributed by atoms with Gasteiger partial charge in [0.25, 0.3) is 0 Å². The summed E-state index contributed by atoms with van der Waals surface area (Å²) in [5.74, 6) is 0.421. The van der Waals surface area contributed by atoms with Gasteiger partial charge in [-0.15, -0.1) is 0 Å². The summed E-state index contributed by atoms with van der Waals surface area (Å²) in [5.41, 5.74) is 1.70. The van der Waals surface area contributed by atoms with Crippen LogP contribution in [0.4, 0.5) is 16.2 Å². The summed E-state index contributed by atoms with van der Waals surface area (Å²) in [7, 11) is -3.78. The van der Waals surface area contributed by atoms with E-state index in [9.17, 15) is 13.2 Å². The van der Waals surface area contributed by atoms with E-state index in [0.717, 1.165) is 31.7 Å². The average Bonchev–Trinajstić information content (AvgIpc) is 2.68. The van der Waals surface area contributed by atoms with Crippen LogP contribution in [0.25, 0.3) is 0 Å². The topological polar surface area (TPSA) is 140 Å². The van der Waals surface area contributed by atoms with Crippen molar-refractivity contribution in [2.45, 2.75) is 4.90 Å². The van der Waals surface area contributed by atoms with Crippen LogP contribution in [0.5, 0.6) is 0 Å². The predicted octanol–water partition coefficient (Wildman–Crippen LogP) is 1.21. The molecule has 28 heavy (non-hydrogen) atoms. The van der Waals surface area contributed by atoms with Gasteiger partial charge in [-0.05, 0) is 36.4 Å². The van der Waals surface area contributed by atoms with Gasteiger partial charge in [0.05, 0.1) is 4.90 Å². The average molecular weight is 402 g/mol. The Morgan fingerprint density at radius 1 is 1.04 bits per heavy atom. The first-order valence-electron chi connectivity index (χ1n) is 8.68. The summed E-state index contributed by atoms with van der Waals surface area (Å²) in [4.78, 5) is 14.2. The summed E-state index contributed by atoms with van der Waals surface area (Å²) in [6, 6.07) is 12.2. The van der Waals surface area contributed by atoms with Gasteiger partial charge >= 0.3 is 6.03 Å².